The van der Waals surface area contributed by atoms with Gasteiger partial charge in [-0.2, -0.15) is 0 Å². The van der Waals surface area contributed by atoms with Crippen molar-refractivity contribution >= 4 is 0 Å². The zero-order valence-electron chi connectivity index (χ0n) is 10.9. The second kappa shape index (κ2) is 7.27. The highest BCUT2D eigenvalue weighted by molar-refractivity contribution is 4.74. The Kier molecular flexibility index (Phi) is 6.31. The summed E-state index contributed by atoms with van der Waals surface area (Å²) in [6.07, 6.45) is 9.95. The first-order valence-electron chi connectivity index (χ1n) is 7.01. The van der Waals surface area contributed by atoms with Gasteiger partial charge in [0.2, 0.25) is 0 Å². The fourth-order valence-electron chi connectivity index (χ4n) is 2.91. The highest BCUT2D eigenvalue weighted by Gasteiger charge is 2.17. The average molecular weight is 211 g/mol. The van der Waals surface area contributed by atoms with Crippen molar-refractivity contribution < 1.29 is 0 Å². The van der Waals surface area contributed by atoms with E-state index in [-0.39, 0.29) is 0 Å². The first-order chi connectivity index (χ1) is 7.27. The quantitative estimate of drug-likeness (QED) is 0.700. The topological polar surface area (TPSA) is 12.0 Å². The molecule has 0 amide bonds. The average Bonchev–Trinajstić information content (AvgIpc) is 2.29. The first-order valence-corrected chi connectivity index (χ1v) is 7.01. The van der Waals surface area contributed by atoms with E-state index in [1.807, 2.05) is 0 Å². The van der Waals surface area contributed by atoms with Crippen LogP contribution in [0.2, 0.25) is 0 Å². The molecule has 0 spiro atoms. The molecule has 0 aromatic rings. The summed E-state index contributed by atoms with van der Waals surface area (Å²) in [6, 6.07) is 0.710. The molecule has 1 rings (SSSR count). The normalized spacial score (nSPS) is 20.8. The molecule has 0 saturated heterocycles. The molecule has 1 atom stereocenters. The van der Waals surface area contributed by atoms with Gasteiger partial charge in [-0.1, -0.05) is 46.0 Å². The molecule has 1 unspecified atom stereocenters. The summed E-state index contributed by atoms with van der Waals surface area (Å²) in [7, 11) is 0. The first kappa shape index (κ1) is 13.0. The molecule has 0 aliphatic heterocycles. The van der Waals surface area contributed by atoms with Crippen LogP contribution >= 0.6 is 0 Å². The molecular formula is C14H29N. The van der Waals surface area contributed by atoms with E-state index in [1.54, 1.807) is 0 Å². The predicted molar refractivity (Wildman–Crippen MR) is 68.1 cm³/mol. The van der Waals surface area contributed by atoms with Crippen LogP contribution in [0.25, 0.3) is 0 Å². The SMILES string of the molecule is CCC(CC)C(C)NCC1CCCCC1. The molecule has 0 aromatic heterocycles. The summed E-state index contributed by atoms with van der Waals surface area (Å²) in [4.78, 5) is 0. The summed E-state index contributed by atoms with van der Waals surface area (Å²) in [6.45, 7) is 8.25. The van der Waals surface area contributed by atoms with Crippen molar-refractivity contribution in [3.8, 4) is 0 Å². The highest BCUT2D eigenvalue weighted by Crippen LogP contribution is 2.23. The van der Waals surface area contributed by atoms with Crippen molar-refractivity contribution in [1.29, 1.82) is 0 Å². The molecule has 1 aliphatic rings. The molecule has 0 bridgehead atoms. The van der Waals surface area contributed by atoms with E-state index in [2.05, 4.69) is 26.1 Å². The van der Waals surface area contributed by atoms with Crippen molar-refractivity contribution in [2.75, 3.05) is 6.54 Å². The Balaban J connectivity index is 2.16. The Morgan fingerprint density at radius 3 is 2.20 bits per heavy atom. The molecule has 1 aliphatic carbocycles. The summed E-state index contributed by atoms with van der Waals surface area (Å²) in [5.74, 6) is 1.84. The van der Waals surface area contributed by atoms with Gasteiger partial charge in [0, 0.05) is 6.04 Å². The number of hydrogen-bond acceptors (Lipinski definition) is 1. The fourth-order valence-corrected chi connectivity index (χ4v) is 2.91. The molecule has 1 heteroatoms. The largest absolute Gasteiger partial charge is 0.314 e. The maximum absolute atomic E-state index is 3.75. The molecule has 0 heterocycles. The predicted octanol–water partition coefficient (Wildman–Crippen LogP) is 3.98. The van der Waals surface area contributed by atoms with E-state index in [9.17, 15) is 0 Å². The molecule has 1 saturated carbocycles. The van der Waals surface area contributed by atoms with Gasteiger partial charge in [-0.05, 0) is 38.1 Å². The van der Waals surface area contributed by atoms with Gasteiger partial charge in [-0.3, -0.25) is 0 Å². The van der Waals surface area contributed by atoms with Crippen LogP contribution in [-0.4, -0.2) is 12.6 Å². The van der Waals surface area contributed by atoms with Crippen molar-refractivity contribution in [1.82, 2.24) is 5.32 Å². The van der Waals surface area contributed by atoms with Crippen LogP contribution in [0.1, 0.15) is 65.7 Å². The van der Waals surface area contributed by atoms with Crippen LogP contribution in [0.4, 0.5) is 0 Å². The molecule has 0 aromatic carbocycles. The summed E-state index contributed by atoms with van der Waals surface area (Å²) in [5.41, 5.74) is 0. The second-order valence-corrected chi connectivity index (χ2v) is 5.28. The van der Waals surface area contributed by atoms with E-state index in [1.165, 1.54) is 51.5 Å². The minimum Gasteiger partial charge on any atom is -0.314 e. The summed E-state index contributed by atoms with van der Waals surface area (Å²) >= 11 is 0. The highest BCUT2D eigenvalue weighted by atomic mass is 14.9. The molecule has 1 fully saturated rings. The molecule has 15 heavy (non-hydrogen) atoms. The van der Waals surface area contributed by atoms with E-state index < -0.39 is 0 Å². The Labute approximate surface area is 96.0 Å². The minimum atomic E-state index is 0.710. The van der Waals surface area contributed by atoms with Crippen LogP contribution in [0, 0.1) is 11.8 Å². The van der Waals surface area contributed by atoms with Crippen LogP contribution in [-0.2, 0) is 0 Å². The van der Waals surface area contributed by atoms with Gasteiger partial charge < -0.3 is 5.32 Å². The van der Waals surface area contributed by atoms with Gasteiger partial charge in [0.15, 0.2) is 0 Å². The zero-order valence-corrected chi connectivity index (χ0v) is 10.9. The van der Waals surface area contributed by atoms with Gasteiger partial charge in [-0.25, -0.2) is 0 Å². The molecule has 0 radical (unpaired) electrons. The molecule has 1 N–H and O–H groups in total. The van der Waals surface area contributed by atoms with E-state index in [4.69, 9.17) is 0 Å². The van der Waals surface area contributed by atoms with Gasteiger partial charge in [-0.15, -0.1) is 0 Å². The monoisotopic (exact) mass is 211 g/mol. The van der Waals surface area contributed by atoms with Crippen molar-refractivity contribution in [3.63, 3.8) is 0 Å². The second-order valence-electron chi connectivity index (χ2n) is 5.28. The zero-order chi connectivity index (χ0) is 11.1. The van der Waals surface area contributed by atoms with E-state index in [0.717, 1.165) is 11.8 Å². The third-order valence-corrected chi connectivity index (χ3v) is 4.21. The van der Waals surface area contributed by atoms with Crippen LogP contribution in [0.3, 0.4) is 0 Å². The smallest absolute Gasteiger partial charge is 0.00669 e. The number of hydrogen-bond donors (Lipinski definition) is 1. The fraction of sp³-hybridized carbons (Fsp3) is 1.00. The van der Waals surface area contributed by atoms with Gasteiger partial charge in [0.1, 0.15) is 0 Å². The lowest BCUT2D eigenvalue weighted by atomic mass is 9.88. The lowest BCUT2D eigenvalue weighted by Gasteiger charge is -2.27. The third kappa shape index (κ3) is 4.55. The standard InChI is InChI=1S/C14H29N/c1-4-14(5-2)12(3)15-11-13-9-7-6-8-10-13/h12-15H,4-11H2,1-3H3. The molecular weight excluding hydrogens is 182 g/mol. The van der Waals surface area contributed by atoms with Gasteiger partial charge in [0.25, 0.3) is 0 Å². The lowest BCUT2D eigenvalue weighted by molar-refractivity contribution is 0.293. The minimum absolute atomic E-state index is 0.710. The number of rotatable bonds is 6. The Morgan fingerprint density at radius 1 is 1.07 bits per heavy atom. The van der Waals surface area contributed by atoms with Crippen molar-refractivity contribution in [2.24, 2.45) is 11.8 Å². The lowest BCUT2D eigenvalue weighted by Crippen LogP contribution is -2.36. The van der Waals surface area contributed by atoms with Crippen molar-refractivity contribution in [2.45, 2.75) is 71.8 Å². The summed E-state index contributed by atoms with van der Waals surface area (Å²) in [5, 5.41) is 3.75. The van der Waals surface area contributed by atoms with Crippen LogP contribution in [0.5, 0.6) is 0 Å². The summed E-state index contributed by atoms with van der Waals surface area (Å²) < 4.78 is 0. The van der Waals surface area contributed by atoms with E-state index in [0.29, 0.717) is 6.04 Å². The number of nitrogens with one attached hydrogen (secondary N) is 1. The Morgan fingerprint density at radius 2 is 1.67 bits per heavy atom. The van der Waals surface area contributed by atoms with Gasteiger partial charge in [0.05, 0.1) is 0 Å². The third-order valence-electron chi connectivity index (χ3n) is 4.21. The van der Waals surface area contributed by atoms with Crippen LogP contribution < -0.4 is 5.32 Å². The van der Waals surface area contributed by atoms with Gasteiger partial charge >= 0.3 is 0 Å². The van der Waals surface area contributed by atoms with Crippen molar-refractivity contribution in [3.05, 3.63) is 0 Å². The molecule has 1 nitrogen and oxygen atoms in total. The Hall–Kier alpha value is -0.0400. The maximum atomic E-state index is 3.75. The maximum Gasteiger partial charge on any atom is 0.00669 e. The van der Waals surface area contributed by atoms with E-state index >= 15 is 0 Å². The Bertz CT molecular complexity index is 145. The molecule has 90 valence electrons. The van der Waals surface area contributed by atoms with Crippen LogP contribution in [0.15, 0.2) is 0 Å².